The Kier molecular flexibility index (Phi) is 7.60. The predicted molar refractivity (Wildman–Crippen MR) is 115 cm³/mol. The van der Waals surface area contributed by atoms with Crippen LogP contribution in [0.2, 0.25) is 0 Å². The lowest BCUT2D eigenvalue weighted by Crippen LogP contribution is -2.28. The summed E-state index contributed by atoms with van der Waals surface area (Å²) in [6.07, 6.45) is 3.07. The van der Waals surface area contributed by atoms with Gasteiger partial charge in [0.05, 0.1) is 13.2 Å². The van der Waals surface area contributed by atoms with Gasteiger partial charge in [-0.05, 0) is 43.0 Å². The summed E-state index contributed by atoms with van der Waals surface area (Å²) in [4.78, 5) is 12.4. The highest BCUT2D eigenvalue weighted by molar-refractivity contribution is 5.76. The van der Waals surface area contributed by atoms with Crippen LogP contribution in [0.1, 0.15) is 54.3 Å². The van der Waals surface area contributed by atoms with E-state index in [1.165, 1.54) is 11.1 Å². The maximum atomic E-state index is 12.4. The molecule has 0 aliphatic rings. The SMILES string of the molecule is CC[C@@H](NC(=O)CCc1nnc(CCc2ccc(OC)cc2)o1)c1ccc(C)cc1. The van der Waals surface area contributed by atoms with E-state index < -0.39 is 0 Å². The molecule has 1 atom stereocenters. The van der Waals surface area contributed by atoms with Gasteiger partial charge in [-0.1, -0.05) is 48.9 Å². The maximum Gasteiger partial charge on any atom is 0.220 e. The number of benzene rings is 2. The van der Waals surface area contributed by atoms with Gasteiger partial charge in [-0.25, -0.2) is 0 Å². The van der Waals surface area contributed by atoms with Gasteiger partial charge >= 0.3 is 0 Å². The first kappa shape index (κ1) is 21.6. The van der Waals surface area contributed by atoms with Gasteiger partial charge in [-0.15, -0.1) is 10.2 Å². The Morgan fingerprint density at radius 3 is 2.30 bits per heavy atom. The molecule has 1 aromatic heterocycles. The molecule has 0 fully saturated rings. The number of aromatic nitrogens is 2. The molecule has 1 N–H and O–H groups in total. The van der Waals surface area contributed by atoms with Crippen molar-refractivity contribution in [3.05, 3.63) is 77.0 Å². The first-order chi connectivity index (χ1) is 14.6. The number of ether oxygens (including phenoxy) is 1. The van der Waals surface area contributed by atoms with E-state index in [0.29, 0.717) is 31.0 Å². The number of nitrogens with zero attached hydrogens (tertiary/aromatic N) is 2. The fourth-order valence-electron chi connectivity index (χ4n) is 3.24. The van der Waals surface area contributed by atoms with Crippen molar-refractivity contribution in [3.8, 4) is 5.75 Å². The molecular formula is C24H29N3O3. The molecule has 0 saturated carbocycles. The third kappa shape index (κ3) is 6.17. The highest BCUT2D eigenvalue weighted by atomic mass is 16.5. The molecule has 2 aromatic carbocycles. The van der Waals surface area contributed by atoms with Crippen LogP contribution in [-0.4, -0.2) is 23.2 Å². The molecule has 0 aliphatic heterocycles. The largest absolute Gasteiger partial charge is 0.497 e. The van der Waals surface area contributed by atoms with Crippen molar-refractivity contribution in [1.29, 1.82) is 0 Å². The smallest absolute Gasteiger partial charge is 0.220 e. The Balaban J connectivity index is 1.45. The van der Waals surface area contributed by atoms with Gasteiger partial charge in [-0.3, -0.25) is 4.79 Å². The normalized spacial score (nSPS) is 11.8. The van der Waals surface area contributed by atoms with Gasteiger partial charge in [0.25, 0.3) is 0 Å². The van der Waals surface area contributed by atoms with Crippen molar-refractivity contribution in [1.82, 2.24) is 15.5 Å². The highest BCUT2D eigenvalue weighted by Gasteiger charge is 2.14. The van der Waals surface area contributed by atoms with Crippen LogP contribution in [-0.2, 0) is 24.1 Å². The van der Waals surface area contributed by atoms with Crippen LogP contribution >= 0.6 is 0 Å². The predicted octanol–water partition coefficient (Wildman–Crippen LogP) is 4.37. The summed E-state index contributed by atoms with van der Waals surface area (Å²) in [6.45, 7) is 4.12. The zero-order valence-electron chi connectivity index (χ0n) is 17.9. The Morgan fingerprint density at radius 2 is 1.67 bits per heavy atom. The fourth-order valence-corrected chi connectivity index (χ4v) is 3.24. The minimum atomic E-state index is -0.0135. The average Bonchev–Trinajstić information content (AvgIpc) is 3.23. The molecular weight excluding hydrogens is 378 g/mol. The molecule has 6 nitrogen and oxygen atoms in total. The summed E-state index contributed by atoms with van der Waals surface area (Å²) < 4.78 is 10.9. The van der Waals surface area contributed by atoms with E-state index in [9.17, 15) is 4.79 Å². The van der Waals surface area contributed by atoms with Crippen LogP contribution in [0, 0.1) is 6.92 Å². The maximum absolute atomic E-state index is 12.4. The van der Waals surface area contributed by atoms with E-state index in [-0.39, 0.29) is 11.9 Å². The number of amides is 1. The molecule has 0 bridgehead atoms. The fraction of sp³-hybridized carbons (Fsp3) is 0.375. The summed E-state index contributed by atoms with van der Waals surface area (Å²) in [6, 6.07) is 16.2. The monoisotopic (exact) mass is 407 g/mol. The minimum Gasteiger partial charge on any atom is -0.497 e. The molecule has 6 heteroatoms. The van der Waals surface area contributed by atoms with E-state index in [4.69, 9.17) is 9.15 Å². The number of nitrogens with one attached hydrogen (secondary N) is 1. The van der Waals surface area contributed by atoms with Crippen molar-refractivity contribution >= 4 is 5.91 Å². The van der Waals surface area contributed by atoms with E-state index in [1.54, 1.807) is 7.11 Å². The number of rotatable bonds is 10. The third-order valence-corrected chi connectivity index (χ3v) is 5.08. The van der Waals surface area contributed by atoms with Crippen LogP contribution in [0.5, 0.6) is 5.75 Å². The molecule has 1 heterocycles. The first-order valence-electron chi connectivity index (χ1n) is 10.4. The second-order valence-electron chi connectivity index (χ2n) is 7.38. The molecule has 0 aliphatic carbocycles. The van der Waals surface area contributed by atoms with Gasteiger partial charge in [0.1, 0.15) is 5.75 Å². The summed E-state index contributed by atoms with van der Waals surface area (Å²) >= 11 is 0. The van der Waals surface area contributed by atoms with Crippen LogP contribution in [0.15, 0.2) is 52.9 Å². The van der Waals surface area contributed by atoms with Gasteiger partial charge in [0.15, 0.2) is 0 Å². The van der Waals surface area contributed by atoms with Crippen LogP contribution < -0.4 is 10.1 Å². The van der Waals surface area contributed by atoms with Crippen molar-refractivity contribution < 1.29 is 13.9 Å². The van der Waals surface area contributed by atoms with E-state index >= 15 is 0 Å². The number of hydrogen-bond donors (Lipinski definition) is 1. The molecule has 3 rings (SSSR count). The van der Waals surface area contributed by atoms with Crippen LogP contribution in [0.25, 0.3) is 0 Å². The lowest BCUT2D eigenvalue weighted by atomic mass is 10.0. The van der Waals surface area contributed by atoms with E-state index in [2.05, 4.69) is 53.6 Å². The second kappa shape index (κ2) is 10.6. The van der Waals surface area contributed by atoms with E-state index in [1.807, 2.05) is 24.3 Å². The lowest BCUT2D eigenvalue weighted by molar-refractivity contribution is -0.121. The Morgan fingerprint density at radius 1 is 1.00 bits per heavy atom. The molecule has 0 unspecified atom stereocenters. The zero-order chi connectivity index (χ0) is 21.3. The quantitative estimate of drug-likeness (QED) is 0.540. The van der Waals surface area contributed by atoms with Crippen molar-refractivity contribution in [3.63, 3.8) is 0 Å². The van der Waals surface area contributed by atoms with Gasteiger partial charge in [0.2, 0.25) is 17.7 Å². The van der Waals surface area contributed by atoms with Crippen molar-refractivity contribution in [2.75, 3.05) is 7.11 Å². The third-order valence-electron chi connectivity index (χ3n) is 5.08. The highest BCUT2D eigenvalue weighted by Crippen LogP contribution is 2.18. The van der Waals surface area contributed by atoms with Crippen molar-refractivity contribution in [2.24, 2.45) is 0 Å². The van der Waals surface area contributed by atoms with Gasteiger partial charge < -0.3 is 14.5 Å². The van der Waals surface area contributed by atoms with Crippen LogP contribution in [0.4, 0.5) is 0 Å². The number of carbonyl (C=O) groups excluding carboxylic acids is 1. The standard InChI is InChI=1S/C24H29N3O3/c1-4-21(19-10-5-17(2)6-11-19)25-22(28)14-16-24-27-26-23(30-24)15-9-18-7-12-20(29-3)13-8-18/h5-8,10-13,21H,4,9,14-16H2,1-3H3,(H,25,28)/t21-/m1/s1. The zero-order valence-corrected chi connectivity index (χ0v) is 17.9. The summed E-state index contributed by atoms with van der Waals surface area (Å²) in [5.74, 6) is 1.91. The minimum absolute atomic E-state index is 0.0135. The summed E-state index contributed by atoms with van der Waals surface area (Å²) in [7, 11) is 1.65. The molecule has 0 spiro atoms. The van der Waals surface area contributed by atoms with Gasteiger partial charge in [0, 0.05) is 19.3 Å². The molecule has 3 aromatic rings. The topological polar surface area (TPSA) is 77.2 Å². The number of methoxy groups -OCH3 is 1. The number of carbonyl (C=O) groups is 1. The Labute approximate surface area is 177 Å². The number of aryl methyl sites for hydroxylation is 4. The molecule has 0 radical (unpaired) electrons. The lowest BCUT2D eigenvalue weighted by Gasteiger charge is -2.17. The molecule has 0 saturated heterocycles. The van der Waals surface area contributed by atoms with E-state index in [0.717, 1.165) is 24.2 Å². The van der Waals surface area contributed by atoms with Crippen molar-refractivity contribution in [2.45, 2.75) is 52.0 Å². The van der Waals surface area contributed by atoms with Gasteiger partial charge in [-0.2, -0.15) is 0 Å². The summed E-state index contributed by atoms with van der Waals surface area (Å²) in [5.41, 5.74) is 3.51. The molecule has 1 amide bonds. The van der Waals surface area contributed by atoms with Crippen LogP contribution in [0.3, 0.4) is 0 Å². The summed E-state index contributed by atoms with van der Waals surface area (Å²) in [5, 5.41) is 11.3. The Hall–Kier alpha value is -3.15. The molecule has 158 valence electrons. The average molecular weight is 408 g/mol. The first-order valence-corrected chi connectivity index (χ1v) is 10.4. The Bertz CT molecular complexity index is 933. The second-order valence-corrected chi connectivity index (χ2v) is 7.38. The number of hydrogen-bond acceptors (Lipinski definition) is 5. The molecule has 30 heavy (non-hydrogen) atoms.